The zero-order valence-corrected chi connectivity index (χ0v) is 13.7. The van der Waals surface area contributed by atoms with Crippen LogP contribution in [0.3, 0.4) is 0 Å². The number of halogens is 1. The number of carbonyl (C=O) groups is 1. The first kappa shape index (κ1) is 14.4. The van der Waals surface area contributed by atoms with Gasteiger partial charge in [-0.15, -0.1) is 11.8 Å². The predicted molar refractivity (Wildman–Crippen MR) is 90.1 cm³/mol. The zero-order valence-electron chi connectivity index (χ0n) is 10.7. The molecule has 4 heteroatoms. The summed E-state index contributed by atoms with van der Waals surface area (Å²) >= 11 is 3.85. The van der Waals surface area contributed by atoms with Crippen molar-refractivity contribution in [2.75, 3.05) is 11.6 Å². The first-order valence-electron chi connectivity index (χ1n) is 5.82. The van der Waals surface area contributed by atoms with Crippen molar-refractivity contribution in [3.63, 3.8) is 0 Å². The van der Waals surface area contributed by atoms with E-state index in [-0.39, 0.29) is 5.91 Å². The predicted octanol–water partition coefficient (Wildman–Crippen LogP) is 4.57. The molecule has 0 aliphatic carbocycles. The Labute approximate surface area is 131 Å². The molecule has 0 aliphatic rings. The number of aryl methyl sites for hydroxylation is 1. The molecule has 0 aromatic heterocycles. The Morgan fingerprint density at radius 2 is 1.95 bits per heavy atom. The molecular weight excluding hydrogens is 369 g/mol. The first-order valence-corrected chi connectivity index (χ1v) is 8.12. The number of carbonyl (C=O) groups excluding carboxylic acids is 1. The van der Waals surface area contributed by atoms with Crippen LogP contribution in [-0.4, -0.2) is 12.2 Å². The quantitative estimate of drug-likeness (QED) is 0.621. The lowest BCUT2D eigenvalue weighted by Crippen LogP contribution is -2.13. The van der Waals surface area contributed by atoms with Crippen molar-refractivity contribution in [2.45, 2.75) is 11.8 Å². The van der Waals surface area contributed by atoms with E-state index in [0.29, 0.717) is 5.56 Å². The molecule has 2 rings (SSSR count). The number of anilines is 1. The summed E-state index contributed by atoms with van der Waals surface area (Å²) in [7, 11) is 0. The zero-order chi connectivity index (χ0) is 13.8. The summed E-state index contributed by atoms with van der Waals surface area (Å²) in [6, 6.07) is 13.5. The van der Waals surface area contributed by atoms with E-state index < -0.39 is 0 Å². The van der Waals surface area contributed by atoms with Gasteiger partial charge >= 0.3 is 0 Å². The van der Waals surface area contributed by atoms with Gasteiger partial charge in [0.05, 0.1) is 5.56 Å². The van der Waals surface area contributed by atoms with Crippen LogP contribution in [0.15, 0.2) is 47.4 Å². The van der Waals surface area contributed by atoms with Crippen LogP contribution in [0.2, 0.25) is 0 Å². The molecule has 0 unspecified atom stereocenters. The Kier molecular flexibility index (Phi) is 4.87. The van der Waals surface area contributed by atoms with Gasteiger partial charge in [0.15, 0.2) is 0 Å². The first-order chi connectivity index (χ1) is 9.11. The molecule has 98 valence electrons. The fourth-order valence-electron chi connectivity index (χ4n) is 1.70. The molecule has 1 N–H and O–H groups in total. The van der Waals surface area contributed by atoms with Gasteiger partial charge in [-0.05, 0) is 65.6 Å². The van der Waals surface area contributed by atoms with Crippen LogP contribution in [0.25, 0.3) is 0 Å². The second kappa shape index (κ2) is 6.43. The van der Waals surface area contributed by atoms with Crippen molar-refractivity contribution in [3.8, 4) is 0 Å². The largest absolute Gasteiger partial charge is 0.322 e. The molecule has 0 atom stereocenters. The van der Waals surface area contributed by atoms with Gasteiger partial charge in [-0.25, -0.2) is 0 Å². The van der Waals surface area contributed by atoms with Crippen LogP contribution in [-0.2, 0) is 0 Å². The van der Waals surface area contributed by atoms with Crippen molar-refractivity contribution >= 4 is 45.9 Å². The minimum atomic E-state index is -0.0652. The molecule has 2 aromatic carbocycles. The maximum absolute atomic E-state index is 12.3. The summed E-state index contributed by atoms with van der Waals surface area (Å²) in [6.07, 6.45) is 1.97. The number of hydrogen-bond acceptors (Lipinski definition) is 2. The SMILES string of the molecule is CSc1ccccc1C(=O)Nc1ccc(C)c(I)c1. The van der Waals surface area contributed by atoms with Crippen molar-refractivity contribution < 1.29 is 4.79 Å². The monoisotopic (exact) mass is 383 g/mol. The molecule has 2 nitrogen and oxygen atoms in total. The lowest BCUT2D eigenvalue weighted by Gasteiger charge is -2.09. The molecule has 19 heavy (non-hydrogen) atoms. The van der Waals surface area contributed by atoms with Gasteiger partial charge in [0.25, 0.3) is 5.91 Å². The van der Waals surface area contributed by atoms with Crippen LogP contribution in [0.4, 0.5) is 5.69 Å². The number of benzene rings is 2. The number of hydrogen-bond donors (Lipinski definition) is 1. The summed E-state index contributed by atoms with van der Waals surface area (Å²) in [4.78, 5) is 13.3. The second-order valence-corrected chi connectivity index (χ2v) is 6.13. The lowest BCUT2D eigenvalue weighted by atomic mass is 10.2. The fourth-order valence-corrected chi connectivity index (χ4v) is 2.81. The van der Waals surface area contributed by atoms with Gasteiger partial charge in [0, 0.05) is 14.2 Å². The Bertz CT molecular complexity index is 613. The van der Waals surface area contributed by atoms with E-state index in [0.717, 1.165) is 14.2 Å². The molecule has 0 saturated carbocycles. The van der Waals surface area contributed by atoms with Crippen LogP contribution in [0.1, 0.15) is 15.9 Å². The highest BCUT2D eigenvalue weighted by Crippen LogP contribution is 2.22. The van der Waals surface area contributed by atoms with Crippen LogP contribution < -0.4 is 5.32 Å². The maximum Gasteiger partial charge on any atom is 0.256 e. The summed E-state index contributed by atoms with van der Waals surface area (Å²) in [5, 5.41) is 2.94. The summed E-state index contributed by atoms with van der Waals surface area (Å²) < 4.78 is 1.15. The molecule has 0 heterocycles. The van der Waals surface area contributed by atoms with E-state index >= 15 is 0 Å². The Morgan fingerprint density at radius 3 is 2.63 bits per heavy atom. The number of nitrogens with one attached hydrogen (secondary N) is 1. The third-order valence-corrected chi connectivity index (χ3v) is 4.74. The Hall–Kier alpha value is -1.01. The van der Waals surface area contributed by atoms with Crippen LogP contribution >= 0.6 is 34.4 Å². The Balaban J connectivity index is 2.23. The molecule has 0 radical (unpaired) electrons. The van der Waals surface area contributed by atoms with E-state index in [1.807, 2.05) is 48.7 Å². The van der Waals surface area contributed by atoms with Crippen molar-refractivity contribution in [1.82, 2.24) is 0 Å². The van der Waals surface area contributed by atoms with E-state index in [4.69, 9.17) is 0 Å². The van der Waals surface area contributed by atoms with Gasteiger partial charge in [0.2, 0.25) is 0 Å². The molecular formula is C15H14INOS. The van der Waals surface area contributed by atoms with Crippen LogP contribution in [0, 0.1) is 10.5 Å². The van der Waals surface area contributed by atoms with E-state index in [2.05, 4.69) is 34.8 Å². The summed E-state index contributed by atoms with van der Waals surface area (Å²) in [6.45, 7) is 2.05. The van der Waals surface area contributed by atoms with Crippen molar-refractivity contribution in [3.05, 3.63) is 57.2 Å². The summed E-state index contributed by atoms with van der Waals surface area (Å²) in [5.74, 6) is -0.0652. The minimum absolute atomic E-state index is 0.0652. The Morgan fingerprint density at radius 1 is 1.21 bits per heavy atom. The number of thioether (sulfide) groups is 1. The minimum Gasteiger partial charge on any atom is -0.322 e. The highest BCUT2D eigenvalue weighted by molar-refractivity contribution is 14.1. The third-order valence-electron chi connectivity index (χ3n) is 2.78. The molecule has 0 bridgehead atoms. The summed E-state index contributed by atoms with van der Waals surface area (Å²) in [5.41, 5.74) is 2.75. The standard InChI is InChI=1S/C15H14INOS/c1-10-7-8-11(9-13(10)16)17-15(18)12-5-3-4-6-14(12)19-2/h3-9H,1-2H3,(H,17,18). The average molecular weight is 383 g/mol. The maximum atomic E-state index is 12.3. The van der Waals surface area contributed by atoms with Crippen LogP contribution in [0.5, 0.6) is 0 Å². The topological polar surface area (TPSA) is 29.1 Å². The van der Waals surface area contributed by atoms with Crippen molar-refractivity contribution in [2.24, 2.45) is 0 Å². The van der Waals surface area contributed by atoms with Gasteiger partial charge in [-0.1, -0.05) is 18.2 Å². The normalized spacial score (nSPS) is 10.3. The molecule has 0 spiro atoms. The highest BCUT2D eigenvalue weighted by Gasteiger charge is 2.10. The molecule has 0 fully saturated rings. The molecule has 0 aliphatic heterocycles. The number of rotatable bonds is 3. The third kappa shape index (κ3) is 3.51. The van der Waals surface area contributed by atoms with E-state index in [1.165, 1.54) is 5.56 Å². The van der Waals surface area contributed by atoms with Gasteiger partial charge < -0.3 is 5.32 Å². The smallest absolute Gasteiger partial charge is 0.256 e. The van der Waals surface area contributed by atoms with Gasteiger partial charge in [-0.3, -0.25) is 4.79 Å². The molecule has 2 aromatic rings. The van der Waals surface area contributed by atoms with Gasteiger partial charge in [0.1, 0.15) is 0 Å². The highest BCUT2D eigenvalue weighted by atomic mass is 127. The fraction of sp³-hybridized carbons (Fsp3) is 0.133. The van der Waals surface area contributed by atoms with Gasteiger partial charge in [-0.2, -0.15) is 0 Å². The lowest BCUT2D eigenvalue weighted by molar-refractivity contribution is 0.102. The van der Waals surface area contributed by atoms with E-state index in [1.54, 1.807) is 11.8 Å². The molecule has 0 saturated heterocycles. The van der Waals surface area contributed by atoms with E-state index in [9.17, 15) is 4.79 Å². The number of amides is 1. The van der Waals surface area contributed by atoms with Crippen molar-refractivity contribution in [1.29, 1.82) is 0 Å². The average Bonchev–Trinajstić information content (AvgIpc) is 2.43. The molecule has 1 amide bonds. The second-order valence-electron chi connectivity index (χ2n) is 4.12.